The van der Waals surface area contributed by atoms with Gasteiger partial charge in [-0.25, -0.2) is 4.39 Å². The molecule has 1 aromatic heterocycles. The summed E-state index contributed by atoms with van der Waals surface area (Å²) >= 11 is 0. The molecule has 120 valence electrons. The molecule has 0 radical (unpaired) electrons. The van der Waals surface area contributed by atoms with Gasteiger partial charge in [-0.05, 0) is 36.4 Å². The fourth-order valence-electron chi connectivity index (χ4n) is 2.62. The molecule has 0 aliphatic carbocycles. The first-order valence-electron chi connectivity index (χ1n) is 7.64. The average Bonchev–Trinajstić information content (AvgIpc) is 2.61. The minimum atomic E-state index is -0.294. The van der Waals surface area contributed by atoms with E-state index in [2.05, 4.69) is 20.5 Å². The van der Waals surface area contributed by atoms with Crippen LogP contribution in [0.1, 0.15) is 5.69 Å². The normalized spacial score (nSPS) is 17.8. The predicted molar refractivity (Wildman–Crippen MR) is 86.5 cm³/mol. The lowest BCUT2D eigenvalue weighted by Gasteiger charge is -2.34. The van der Waals surface area contributed by atoms with Gasteiger partial charge < -0.3 is 15.5 Å². The van der Waals surface area contributed by atoms with Crippen LogP contribution in [0, 0.1) is 5.82 Å². The van der Waals surface area contributed by atoms with Gasteiger partial charge in [-0.1, -0.05) is 6.07 Å². The van der Waals surface area contributed by atoms with Crippen LogP contribution in [0.5, 0.6) is 0 Å². The molecule has 2 heterocycles. The number of aromatic nitrogens is 1. The number of carbonyl (C=O) groups is 1. The van der Waals surface area contributed by atoms with Gasteiger partial charge in [0, 0.05) is 31.5 Å². The van der Waals surface area contributed by atoms with E-state index in [9.17, 15) is 9.18 Å². The fourth-order valence-corrected chi connectivity index (χ4v) is 2.62. The minimum Gasteiger partial charge on any atom is -0.368 e. The van der Waals surface area contributed by atoms with E-state index in [4.69, 9.17) is 0 Å². The van der Waals surface area contributed by atoms with Gasteiger partial charge in [0.05, 0.1) is 12.2 Å². The molecule has 1 aliphatic rings. The topological polar surface area (TPSA) is 57.3 Å². The first-order valence-corrected chi connectivity index (χ1v) is 7.64. The Kier molecular flexibility index (Phi) is 4.83. The van der Waals surface area contributed by atoms with Gasteiger partial charge in [0.25, 0.3) is 0 Å². The number of nitrogens with zero attached hydrogens (tertiary/aromatic N) is 2. The number of anilines is 1. The molecule has 0 unspecified atom stereocenters. The molecule has 1 atom stereocenters. The van der Waals surface area contributed by atoms with Gasteiger partial charge in [0.2, 0.25) is 5.91 Å². The predicted octanol–water partition coefficient (Wildman–Crippen LogP) is 1.32. The molecule has 3 rings (SSSR count). The number of carbonyl (C=O) groups excluding carboxylic acids is 1. The van der Waals surface area contributed by atoms with Crippen LogP contribution >= 0.6 is 0 Å². The fraction of sp³-hybridized carbons (Fsp3) is 0.294. The number of hydrogen-bond acceptors (Lipinski definition) is 4. The van der Waals surface area contributed by atoms with E-state index in [-0.39, 0.29) is 17.8 Å². The third-order valence-corrected chi connectivity index (χ3v) is 3.85. The number of nitrogens with one attached hydrogen (secondary N) is 2. The van der Waals surface area contributed by atoms with Crippen LogP contribution in [0.15, 0.2) is 48.7 Å². The van der Waals surface area contributed by atoms with E-state index in [1.807, 2.05) is 18.2 Å². The van der Waals surface area contributed by atoms with Crippen molar-refractivity contribution in [2.75, 3.05) is 24.5 Å². The molecule has 2 aromatic rings. The van der Waals surface area contributed by atoms with Crippen molar-refractivity contribution in [3.63, 3.8) is 0 Å². The summed E-state index contributed by atoms with van der Waals surface area (Å²) < 4.78 is 13.0. The molecule has 23 heavy (non-hydrogen) atoms. The van der Waals surface area contributed by atoms with Crippen LogP contribution in [0.2, 0.25) is 0 Å². The number of benzene rings is 1. The zero-order chi connectivity index (χ0) is 16.1. The average molecular weight is 314 g/mol. The van der Waals surface area contributed by atoms with Crippen molar-refractivity contribution < 1.29 is 9.18 Å². The highest BCUT2D eigenvalue weighted by atomic mass is 19.1. The Bertz CT molecular complexity index is 647. The van der Waals surface area contributed by atoms with Gasteiger partial charge in [0.1, 0.15) is 11.9 Å². The highest BCUT2D eigenvalue weighted by Gasteiger charge is 2.25. The van der Waals surface area contributed by atoms with Crippen molar-refractivity contribution in [2.24, 2.45) is 0 Å². The summed E-state index contributed by atoms with van der Waals surface area (Å²) in [5, 5.41) is 6.12. The lowest BCUT2D eigenvalue weighted by molar-refractivity contribution is -0.123. The van der Waals surface area contributed by atoms with Crippen LogP contribution in [-0.2, 0) is 11.3 Å². The molecule has 2 N–H and O–H groups in total. The summed E-state index contributed by atoms with van der Waals surface area (Å²) in [5.41, 5.74) is 1.75. The number of piperazine rings is 1. The molecular weight excluding hydrogens is 295 g/mol. The molecule has 1 aromatic carbocycles. The van der Waals surface area contributed by atoms with Crippen LogP contribution in [-0.4, -0.2) is 36.6 Å². The molecular formula is C17H19FN4O. The molecule has 1 fully saturated rings. The zero-order valence-electron chi connectivity index (χ0n) is 12.7. The molecule has 5 nitrogen and oxygen atoms in total. The van der Waals surface area contributed by atoms with Crippen LogP contribution in [0.4, 0.5) is 10.1 Å². The molecule has 0 spiro atoms. The number of rotatable bonds is 4. The van der Waals surface area contributed by atoms with E-state index in [0.29, 0.717) is 19.6 Å². The number of halogens is 1. The van der Waals surface area contributed by atoms with Crippen molar-refractivity contribution in [3.05, 3.63) is 60.2 Å². The van der Waals surface area contributed by atoms with Crippen molar-refractivity contribution in [2.45, 2.75) is 12.6 Å². The van der Waals surface area contributed by atoms with Gasteiger partial charge >= 0.3 is 0 Å². The number of hydrogen-bond donors (Lipinski definition) is 2. The monoisotopic (exact) mass is 314 g/mol. The van der Waals surface area contributed by atoms with E-state index >= 15 is 0 Å². The van der Waals surface area contributed by atoms with Gasteiger partial charge in [-0.3, -0.25) is 9.78 Å². The Balaban J connectivity index is 1.57. The van der Waals surface area contributed by atoms with E-state index < -0.39 is 0 Å². The second kappa shape index (κ2) is 7.19. The van der Waals surface area contributed by atoms with Crippen LogP contribution < -0.4 is 15.5 Å². The first kappa shape index (κ1) is 15.4. The minimum absolute atomic E-state index is 0.0533. The molecule has 0 saturated carbocycles. The van der Waals surface area contributed by atoms with Gasteiger partial charge in [-0.15, -0.1) is 0 Å². The number of amides is 1. The summed E-state index contributed by atoms with van der Waals surface area (Å²) in [7, 11) is 0. The SMILES string of the molecule is O=C(NCc1ccccn1)[C@@H]1CN(c2ccc(F)cc2)CCN1. The Morgan fingerprint density at radius 2 is 2.13 bits per heavy atom. The quantitative estimate of drug-likeness (QED) is 0.893. The second-order valence-electron chi connectivity index (χ2n) is 5.47. The molecule has 1 amide bonds. The highest BCUT2D eigenvalue weighted by molar-refractivity contribution is 5.82. The third kappa shape index (κ3) is 4.04. The number of pyridine rings is 1. The summed E-state index contributed by atoms with van der Waals surface area (Å²) in [4.78, 5) is 18.6. The summed E-state index contributed by atoms with van der Waals surface area (Å²) in [6.07, 6.45) is 1.70. The van der Waals surface area contributed by atoms with Crippen LogP contribution in [0.3, 0.4) is 0 Å². The maximum Gasteiger partial charge on any atom is 0.239 e. The van der Waals surface area contributed by atoms with E-state index in [0.717, 1.165) is 17.9 Å². The maximum atomic E-state index is 13.0. The zero-order valence-corrected chi connectivity index (χ0v) is 12.7. The standard InChI is InChI=1S/C17H19FN4O/c18-13-4-6-15(7-5-13)22-10-9-20-16(12-22)17(23)21-11-14-3-1-2-8-19-14/h1-8,16,20H,9-12H2,(H,21,23)/t16-/m0/s1. The molecule has 6 heteroatoms. The smallest absolute Gasteiger partial charge is 0.239 e. The Labute approximate surface area is 134 Å². The van der Waals surface area contributed by atoms with Gasteiger partial charge in [-0.2, -0.15) is 0 Å². The van der Waals surface area contributed by atoms with E-state index in [1.165, 1.54) is 12.1 Å². The van der Waals surface area contributed by atoms with Gasteiger partial charge in [0.15, 0.2) is 0 Å². The summed E-state index contributed by atoms with van der Waals surface area (Å²) in [6.45, 7) is 2.46. The molecule has 0 bridgehead atoms. The maximum absolute atomic E-state index is 13.0. The van der Waals surface area contributed by atoms with Crippen molar-refractivity contribution in [1.29, 1.82) is 0 Å². The largest absolute Gasteiger partial charge is 0.368 e. The first-order chi connectivity index (χ1) is 11.2. The van der Waals surface area contributed by atoms with Crippen molar-refractivity contribution in [1.82, 2.24) is 15.6 Å². The Hall–Kier alpha value is -2.47. The van der Waals surface area contributed by atoms with Crippen LogP contribution in [0.25, 0.3) is 0 Å². The lowest BCUT2D eigenvalue weighted by Crippen LogP contribution is -2.57. The summed E-state index contributed by atoms with van der Waals surface area (Å²) in [5.74, 6) is -0.309. The Morgan fingerprint density at radius 1 is 1.30 bits per heavy atom. The van der Waals surface area contributed by atoms with Crippen molar-refractivity contribution in [3.8, 4) is 0 Å². The van der Waals surface area contributed by atoms with Crippen molar-refractivity contribution >= 4 is 11.6 Å². The van der Waals surface area contributed by atoms with E-state index in [1.54, 1.807) is 18.3 Å². The Morgan fingerprint density at radius 3 is 2.87 bits per heavy atom. The molecule has 1 aliphatic heterocycles. The third-order valence-electron chi connectivity index (χ3n) is 3.85. The highest BCUT2D eigenvalue weighted by Crippen LogP contribution is 2.16. The molecule has 1 saturated heterocycles. The lowest BCUT2D eigenvalue weighted by atomic mass is 10.1. The second-order valence-corrected chi connectivity index (χ2v) is 5.47. The summed E-state index contributed by atoms with van der Waals surface area (Å²) in [6, 6.07) is 11.7.